The summed E-state index contributed by atoms with van der Waals surface area (Å²) in [6.07, 6.45) is 1.06. The van der Waals surface area contributed by atoms with Gasteiger partial charge in [0.25, 0.3) is 0 Å². The van der Waals surface area contributed by atoms with Crippen molar-refractivity contribution in [3.05, 3.63) is 0 Å². The van der Waals surface area contributed by atoms with Gasteiger partial charge in [-0.15, -0.1) is 0 Å². The molecule has 0 aliphatic heterocycles. The first-order valence-corrected chi connectivity index (χ1v) is 10.2. The highest BCUT2D eigenvalue weighted by molar-refractivity contribution is 4.60. The van der Waals surface area contributed by atoms with E-state index < -0.39 is 0 Å². The highest BCUT2D eigenvalue weighted by Gasteiger charge is 2.09. The van der Waals surface area contributed by atoms with Crippen LogP contribution in [0.2, 0.25) is 0 Å². The van der Waals surface area contributed by atoms with Crippen molar-refractivity contribution in [2.24, 2.45) is 10.8 Å². The van der Waals surface area contributed by atoms with Gasteiger partial charge in [0.15, 0.2) is 0 Å². The van der Waals surface area contributed by atoms with Crippen molar-refractivity contribution >= 4 is 0 Å². The summed E-state index contributed by atoms with van der Waals surface area (Å²) in [6.45, 7) is 20.6. The normalized spacial score (nSPS) is 12.7. The lowest BCUT2D eigenvalue weighted by molar-refractivity contribution is -0.0213. The SMILES string of the molecule is CC(C)(C)CCOCCOCCOCCOCCOCCOCC(C)(C)C. The minimum absolute atomic E-state index is 0.202. The summed E-state index contributed by atoms with van der Waals surface area (Å²) in [4.78, 5) is 0. The maximum absolute atomic E-state index is 5.53. The smallest absolute Gasteiger partial charge is 0.0701 e. The van der Waals surface area contributed by atoms with Crippen LogP contribution in [-0.4, -0.2) is 79.3 Å². The van der Waals surface area contributed by atoms with E-state index >= 15 is 0 Å². The summed E-state index contributed by atoms with van der Waals surface area (Å²) in [7, 11) is 0. The van der Waals surface area contributed by atoms with E-state index in [0.717, 1.165) is 19.6 Å². The molecule has 0 bridgehead atoms. The lowest BCUT2D eigenvalue weighted by Crippen LogP contribution is -2.17. The summed E-state index contributed by atoms with van der Waals surface area (Å²) in [5, 5.41) is 0. The van der Waals surface area contributed by atoms with E-state index in [9.17, 15) is 0 Å². The molecule has 0 heterocycles. The standard InChI is InChI=1S/C21H44O6/c1-20(2,3)7-8-22-9-10-23-11-12-24-13-14-25-15-16-26-17-18-27-19-21(4,5)6/h7-19H2,1-6H3. The van der Waals surface area contributed by atoms with Gasteiger partial charge in [-0.05, 0) is 17.3 Å². The van der Waals surface area contributed by atoms with Gasteiger partial charge in [0, 0.05) is 6.61 Å². The highest BCUT2D eigenvalue weighted by atomic mass is 16.6. The molecule has 0 aliphatic carbocycles. The fraction of sp³-hybridized carbons (Fsp3) is 1.00. The first-order chi connectivity index (χ1) is 12.7. The Morgan fingerprint density at radius 2 is 0.667 bits per heavy atom. The highest BCUT2D eigenvalue weighted by Crippen LogP contribution is 2.17. The van der Waals surface area contributed by atoms with Crippen LogP contribution in [0.25, 0.3) is 0 Å². The second kappa shape index (κ2) is 16.7. The number of hydrogen-bond donors (Lipinski definition) is 0. The Bertz CT molecular complexity index is 279. The van der Waals surface area contributed by atoms with Crippen molar-refractivity contribution in [3.8, 4) is 0 Å². The Balaban J connectivity index is 3.07. The summed E-state index contributed by atoms with van der Waals surface area (Å²) in [6, 6.07) is 0. The van der Waals surface area contributed by atoms with Crippen LogP contribution in [0.3, 0.4) is 0 Å². The van der Waals surface area contributed by atoms with Crippen LogP contribution in [0.1, 0.15) is 48.0 Å². The van der Waals surface area contributed by atoms with Crippen LogP contribution in [0.4, 0.5) is 0 Å². The summed E-state index contributed by atoms with van der Waals surface area (Å²) < 4.78 is 32.8. The Morgan fingerprint density at radius 1 is 0.370 bits per heavy atom. The predicted molar refractivity (Wildman–Crippen MR) is 108 cm³/mol. The fourth-order valence-corrected chi connectivity index (χ4v) is 1.86. The predicted octanol–water partition coefficient (Wildman–Crippen LogP) is 3.57. The second-order valence-corrected chi connectivity index (χ2v) is 8.99. The van der Waals surface area contributed by atoms with Crippen LogP contribution in [0.5, 0.6) is 0 Å². The van der Waals surface area contributed by atoms with Crippen LogP contribution in [0.15, 0.2) is 0 Å². The fourth-order valence-electron chi connectivity index (χ4n) is 1.86. The Kier molecular flexibility index (Phi) is 16.5. The molecule has 0 saturated heterocycles. The van der Waals surface area contributed by atoms with E-state index in [1.54, 1.807) is 0 Å². The van der Waals surface area contributed by atoms with E-state index in [1.165, 1.54) is 0 Å². The van der Waals surface area contributed by atoms with E-state index in [4.69, 9.17) is 28.4 Å². The van der Waals surface area contributed by atoms with Crippen molar-refractivity contribution in [1.29, 1.82) is 0 Å². The molecule has 164 valence electrons. The van der Waals surface area contributed by atoms with E-state index in [-0.39, 0.29) is 5.41 Å². The zero-order chi connectivity index (χ0) is 20.4. The monoisotopic (exact) mass is 392 g/mol. The second-order valence-electron chi connectivity index (χ2n) is 8.99. The van der Waals surface area contributed by atoms with Crippen molar-refractivity contribution < 1.29 is 28.4 Å². The third-order valence-electron chi connectivity index (χ3n) is 3.39. The Morgan fingerprint density at radius 3 is 0.963 bits per heavy atom. The van der Waals surface area contributed by atoms with Crippen LogP contribution in [-0.2, 0) is 28.4 Å². The van der Waals surface area contributed by atoms with Gasteiger partial charge in [-0.25, -0.2) is 0 Å². The van der Waals surface area contributed by atoms with Gasteiger partial charge in [-0.2, -0.15) is 0 Å². The molecule has 0 aromatic rings. The summed E-state index contributed by atoms with van der Waals surface area (Å²) in [5.41, 5.74) is 0.525. The summed E-state index contributed by atoms with van der Waals surface area (Å²) in [5.74, 6) is 0. The zero-order valence-corrected chi connectivity index (χ0v) is 18.6. The minimum atomic E-state index is 0.202. The molecule has 27 heavy (non-hydrogen) atoms. The molecule has 6 heteroatoms. The molecule has 0 aliphatic rings. The average molecular weight is 393 g/mol. The van der Waals surface area contributed by atoms with Crippen LogP contribution >= 0.6 is 0 Å². The van der Waals surface area contributed by atoms with Gasteiger partial charge < -0.3 is 28.4 Å². The molecule has 0 spiro atoms. The van der Waals surface area contributed by atoms with Gasteiger partial charge in [0.1, 0.15) is 0 Å². The molecular formula is C21H44O6. The largest absolute Gasteiger partial charge is 0.379 e. The van der Waals surface area contributed by atoms with Gasteiger partial charge in [-0.3, -0.25) is 0 Å². The molecule has 0 saturated carbocycles. The van der Waals surface area contributed by atoms with E-state index in [2.05, 4.69) is 41.5 Å². The zero-order valence-electron chi connectivity index (χ0n) is 18.6. The Labute approximate surface area is 167 Å². The van der Waals surface area contributed by atoms with Crippen molar-refractivity contribution in [3.63, 3.8) is 0 Å². The molecule has 0 unspecified atom stereocenters. The van der Waals surface area contributed by atoms with Crippen molar-refractivity contribution in [2.45, 2.75) is 48.0 Å². The molecule has 0 amide bonds. The molecule has 0 atom stereocenters. The third kappa shape index (κ3) is 25.8. The topological polar surface area (TPSA) is 55.4 Å². The van der Waals surface area contributed by atoms with E-state index in [1.807, 2.05) is 0 Å². The van der Waals surface area contributed by atoms with Gasteiger partial charge in [0.05, 0.1) is 72.7 Å². The molecule has 0 N–H and O–H groups in total. The molecule has 0 aromatic heterocycles. The van der Waals surface area contributed by atoms with Crippen LogP contribution in [0, 0.1) is 10.8 Å². The maximum atomic E-state index is 5.53. The van der Waals surface area contributed by atoms with Gasteiger partial charge in [0.2, 0.25) is 0 Å². The quantitative estimate of drug-likeness (QED) is 0.332. The lowest BCUT2D eigenvalue weighted by atomic mass is 9.93. The lowest BCUT2D eigenvalue weighted by Gasteiger charge is -2.17. The molecule has 0 fully saturated rings. The molecule has 0 aromatic carbocycles. The van der Waals surface area contributed by atoms with E-state index in [0.29, 0.717) is 71.5 Å². The number of hydrogen-bond acceptors (Lipinski definition) is 6. The summed E-state index contributed by atoms with van der Waals surface area (Å²) >= 11 is 0. The first-order valence-electron chi connectivity index (χ1n) is 10.2. The molecule has 0 rings (SSSR count). The molecule has 0 radical (unpaired) electrons. The first kappa shape index (κ1) is 26.8. The molecular weight excluding hydrogens is 348 g/mol. The van der Waals surface area contributed by atoms with Crippen LogP contribution < -0.4 is 0 Å². The average Bonchev–Trinajstić information content (AvgIpc) is 2.55. The Hall–Kier alpha value is -0.240. The third-order valence-corrected chi connectivity index (χ3v) is 3.39. The van der Waals surface area contributed by atoms with Crippen molar-refractivity contribution in [2.75, 3.05) is 79.3 Å². The van der Waals surface area contributed by atoms with Gasteiger partial charge >= 0.3 is 0 Å². The number of rotatable bonds is 18. The molecule has 6 nitrogen and oxygen atoms in total. The van der Waals surface area contributed by atoms with Gasteiger partial charge in [-0.1, -0.05) is 41.5 Å². The minimum Gasteiger partial charge on any atom is -0.379 e. The maximum Gasteiger partial charge on any atom is 0.0701 e. The number of ether oxygens (including phenoxy) is 6. The van der Waals surface area contributed by atoms with Crippen molar-refractivity contribution in [1.82, 2.24) is 0 Å².